The van der Waals surface area contributed by atoms with E-state index in [0.29, 0.717) is 4.99 Å². The van der Waals surface area contributed by atoms with Gasteiger partial charge in [-0.25, -0.2) is 0 Å². The molecule has 0 saturated heterocycles. The summed E-state index contributed by atoms with van der Waals surface area (Å²) >= 11 is 5.01. The second-order valence-electron chi connectivity index (χ2n) is 5.09. The summed E-state index contributed by atoms with van der Waals surface area (Å²) in [5, 5.41) is 5.80. The monoisotopic (exact) mass is 276 g/mol. The predicted octanol–water partition coefficient (Wildman–Crippen LogP) is 1.93. The van der Waals surface area contributed by atoms with Crippen molar-refractivity contribution in [3.8, 4) is 0 Å². The number of hydrogen-bond acceptors (Lipinski definition) is 3. The van der Waals surface area contributed by atoms with E-state index in [9.17, 15) is 0 Å². The van der Waals surface area contributed by atoms with Crippen molar-refractivity contribution in [3.05, 3.63) is 30.0 Å². The van der Waals surface area contributed by atoms with Crippen LogP contribution in [0.25, 0.3) is 10.9 Å². The number of para-hydroxylation sites is 1. The van der Waals surface area contributed by atoms with E-state index in [4.69, 9.17) is 18.0 Å². The molecule has 0 fully saturated rings. The summed E-state index contributed by atoms with van der Waals surface area (Å²) in [6.45, 7) is 3.70. The van der Waals surface area contributed by atoms with Gasteiger partial charge in [0.2, 0.25) is 0 Å². The molecule has 1 heterocycles. The van der Waals surface area contributed by atoms with E-state index >= 15 is 0 Å². The SMILES string of the molecule is CC(CN(C)Cc1nn(C)c2ccccc12)C(N)=S. The normalized spacial score (nSPS) is 13.1. The lowest BCUT2D eigenvalue weighted by Crippen LogP contribution is -2.31. The number of hydrogen-bond donors (Lipinski definition) is 1. The van der Waals surface area contributed by atoms with Gasteiger partial charge in [0.25, 0.3) is 0 Å². The second-order valence-corrected chi connectivity index (χ2v) is 5.56. The standard InChI is InChI=1S/C14H20N4S/c1-10(14(15)19)8-17(2)9-12-11-6-4-5-7-13(11)18(3)16-12/h4-7,10H,8-9H2,1-3H3,(H2,15,19). The first-order chi connectivity index (χ1) is 8.99. The van der Waals surface area contributed by atoms with E-state index in [1.165, 1.54) is 5.39 Å². The summed E-state index contributed by atoms with van der Waals surface area (Å²) in [6.07, 6.45) is 0. The molecule has 0 bridgehead atoms. The number of thiocarbonyl (C=S) groups is 1. The molecule has 0 amide bonds. The zero-order valence-corrected chi connectivity index (χ0v) is 12.4. The predicted molar refractivity (Wildman–Crippen MR) is 83.0 cm³/mol. The van der Waals surface area contributed by atoms with Crippen LogP contribution in [0.1, 0.15) is 12.6 Å². The van der Waals surface area contributed by atoms with Gasteiger partial charge in [-0.2, -0.15) is 5.10 Å². The summed E-state index contributed by atoms with van der Waals surface area (Å²) < 4.78 is 1.93. The van der Waals surface area contributed by atoms with E-state index < -0.39 is 0 Å². The highest BCUT2D eigenvalue weighted by Crippen LogP contribution is 2.18. The molecule has 1 aromatic heterocycles. The average Bonchev–Trinajstić information content (AvgIpc) is 2.67. The smallest absolute Gasteiger partial charge is 0.0843 e. The Morgan fingerprint density at radius 2 is 2.16 bits per heavy atom. The Labute approximate surface area is 119 Å². The van der Waals surface area contributed by atoms with Crippen LogP contribution in [0.15, 0.2) is 24.3 Å². The van der Waals surface area contributed by atoms with Crippen molar-refractivity contribution in [2.75, 3.05) is 13.6 Å². The van der Waals surface area contributed by atoms with Gasteiger partial charge in [-0.15, -0.1) is 0 Å². The van der Waals surface area contributed by atoms with Crippen LogP contribution in [0, 0.1) is 5.92 Å². The number of nitrogens with two attached hydrogens (primary N) is 1. The van der Waals surface area contributed by atoms with Crippen molar-refractivity contribution in [2.24, 2.45) is 18.7 Å². The summed E-state index contributed by atoms with van der Waals surface area (Å²) in [5.41, 5.74) is 7.91. The fourth-order valence-electron chi connectivity index (χ4n) is 2.28. The summed E-state index contributed by atoms with van der Waals surface area (Å²) in [7, 11) is 4.04. The van der Waals surface area contributed by atoms with Gasteiger partial charge < -0.3 is 5.73 Å². The molecule has 1 aromatic carbocycles. The van der Waals surface area contributed by atoms with Gasteiger partial charge in [0.05, 0.1) is 16.2 Å². The van der Waals surface area contributed by atoms with Crippen LogP contribution in [-0.4, -0.2) is 33.3 Å². The van der Waals surface area contributed by atoms with Crippen LogP contribution in [0.2, 0.25) is 0 Å². The third-order valence-corrected chi connectivity index (χ3v) is 3.73. The van der Waals surface area contributed by atoms with Gasteiger partial charge in [-0.05, 0) is 13.1 Å². The molecule has 4 nitrogen and oxygen atoms in total. The van der Waals surface area contributed by atoms with Gasteiger partial charge in [-0.3, -0.25) is 9.58 Å². The molecular formula is C14H20N4S. The minimum atomic E-state index is 0.218. The van der Waals surface area contributed by atoms with Gasteiger partial charge >= 0.3 is 0 Å². The second kappa shape index (κ2) is 5.67. The van der Waals surface area contributed by atoms with Gasteiger partial charge in [0.1, 0.15) is 0 Å². The molecule has 2 N–H and O–H groups in total. The molecule has 2 aromatic rings. The van der Waals surface area contributed by atoms with Crippen LogP contribution < -0.4 is 5.73 Å². The first-order valence-electron chi connectivity index (χ1n) is 6.37. The Hall–Kier alpha value is -1.46. The highest BCUT2D eigenvalue weighted by molar-refractivity contribution is 7.80. The number of aromatic nitrogens is 2. The van der Waals surface area contributed by atoms with Crippen LogP contribution in [0.4, 0.5) is 0 Å². The number of fused-ring (bicyclic) bond motifs is 1. The molecule has 2 rings (SSSR count). The molecule has 1 atom stereocenters. The first-order valence-corrected chi connectivity index (χ1v) is 6.78. The third-order valence-electron chi connectivity index (χ3n) is 3.33. The van der Waals surface area contributed by atoms with Crippen molar-refractivity contribution < 1.29 is 0 Å². The molecule has 0 aliphatic rings. The van der Waals surface area contributed by atoms with E-state index in [0.717, 1.165) is 24.3 Å². The largest absolute Gasteiger partial charge is 0.393 e. The van der Waals surface area contributed by atoms with Crippen molar-refractivity contribution in [1.82, 2.24) is 14.7 Å². The molecule has 0 radical (unpaired) electrons. The lowest BCUT2D eigenvalue weighted by atomic mass is 10.1. The highest BCUT2D eigenvalue weighted by Gasteiger charge is 2.13. The van der Waals surface area contributed by atoms with E-state index in [1.54, 1.807) is 0 Å². The van der Waals surface area contributed by atoms with Crippen molar-refractivity contribution in [1.29, 1.82) is 0 Å². The summed E-state index contributed by atoms with van der Waals surface area (Å²) in [5.74, 6) is 0.218. The zero-order valence-electron chi connectivity index (χ0n) is 11.6. The Kier molecular flexibility index (Phi) is 4.17. The molecule has 102 valence electrons. The average molecular weight is 276 g/mol. The molecule has 0 spiro atoms. The highest BCUT2D eigenvalue weighted by atomic mass is 32.1. The Morgan fingerprint density at radius 3 is 2.84 bits per heavy atom. The van der Waals surface area contributed by atoms with Gasteiger partial charge in [-0.1, -0.05) is 37.3 Å². The number of benzene rings is 1. The fraction of sp³-hybridized carbons (Fsp3) is 0.429. The van der Waals surface area contributed by atoms with Crippen LogP contribution in [0.3, 0.4) is 0 Å². The maximum atomic E-state index is 5.66. The minimum Gasteiger partial charge on any atom is -0.393 e. The van der Waals surface area contributed by atoms with Crippen LogP contribution in [0.5, 0.6) is 0 Å². The first kappa shape index (κ1) is 14.0. The topological polar surface area (TPSA) is 47.1 Å². The Bertz CT molecular complexity index is 590. The molecule has 0 aliphatic carbocycles. The molecule has 0 aliphatic heterocycles. The van der Waals surface area contributed by atoms with Gasteiger partial charge in [0, 0.05) is 31.4 Å². The lowest BCUT2D eigenvalue weighted by Gasteiger charge is -2.19. The maximum Gasteiger partial charge on any atom is 0.0843 e. The van der Waals surface area contributed by atoms with Crippen molar-refractivity contribution in [2.45, 2.75) is 13.5 Å². The summed E-state index contributed by atoms with van der Waals surface area (Å²) in [4.78, 5) is 2.77. The van der Waals surface area contributed by atoms with Gasteiger partial charge in [0.15, 0.2) is 0 Å². The number of aryl methyl sites for hydroxylation is 1. The summed E-state index contributed by atoms with van der Waals surface area (Å²) in [6, 6.07) is 8.28. The molecule has 0 saturated carbocycles. The minimum absolute atomic E-state index is 0.218. The molecule has 5 heteroatoms. The number of nitrogens with zero attached hydrogens (tertiary/aromatic N) is 3. The van der Waals surface area contributed by atoms with E-state index in [1.807, 2.05) is 23.9 Å². The number of rotatable bonds is 5. The Morgan fingerprint density at radius 1 is 1.47 bits per heavy atom. The fourth-order valence-corrected chi connectivity index (χ4v) is 2.36. The Balaban J connectivity index is 2.15. The van der Waals surface area contributed by atoms with Crippen LogP contribution >= 0.6 is 12.2 Å². The molecular weight excluding hydrogens is 256 g/mol. The van der Waals surface area contributed by atoms with E-state index in [2.05, 4.69) is 36.1 Å². The van der Waals surface area contributed by atoms with Crippen molar-refractivity contribution >= 4 is 28.1 Å². The molecule has 19 heavy (non-hydrogen) atoms. The lowest BCUT2D eigenvalue weighted by molar-refractivity contribution is 0.304. The van der Waals surface area contributed by atoms with Crippen molar-refractivity contribution in [3.63, 3.8) is 0 Å². The molecule has 1 unspecified atom stereocenters. The zero-order chi connectivity index (χ0) is 14.0. The quantitative estimate of drug-likeness (QED) is 0.848. The maximum absolute atomic E-state index is 5.66. The van der Waals surface area contributed by atoms with E-state index in [-0.39, 0.29) is 5.92 Å². The third kappa shape index (κ3) is 3.11. The van der Waals surface area contributed by atoms with Crippen LogP contribution in [-0.2, 0) is 13.6 Å².